The zero-order valence-corrected chi connectivity index (χ0v) is 26.2. The van der Waals surface area contributed by atoms with Gasteiger partial charge in [0, 0.05) is 67.8 Å². The van der Waals surface area contributed by atoms with Crippen molar-refractivity contribution in [1.82, 2.24) is 29.7 Å². The second-order valence-corrected chi connectivity index (χ2v) is 13.0. The Morgan fingerprint density at radius 1 is 1.14 bits per heavy atom. The van der Waals surface area contributed by atoms with E-state index in [-0.39, 0.29) is 16.6 Å². The molecule has 0 bridgehead atoms. The van der Waals surface area contributed by atoms with E-state index in [4.69, 9.17) is 16.6 Å². The molecular formula is C30H37ClN8O2S. The second-order valence-electron chi connectivity index (χ2n) is 11.0. The molecule has 1 fully saturated rings. The number of nitrogens with one attached hydrogen (secondary N) is 2. The van der Waals surface area contributed by atoms with Crippen molar-refractivity contribution in [2.24, 2.45) is 0 Å². The average molecular weight is 609 g/mol. The van der Waals surface area contributed by atoms with Gasteiger partial charge in [0.2, 0.25) is 5.95 Å². The summed E-state index contributed by atoms with van der Waals surface area (Å²) in [6, 6.07) is 9.43. The third-order valence-corrected chi connectivity index (χ3v) is 8.85. The highest BCUT2D eigenvalue weighted by atomic mass is 35.5. The number of hydrogen-bond donors (Lipinski definition) is 2. The minimum absolute atomic E-state index is 0.181. The first-order valence-electron chi connectivity index (χ1n) is 14.1. The number of hydrogen-bond acceptors (Lipinski definition) is 9. The molecule has 1 aromatic carbocycles. The van der Waals surface area contributed by atoms with Gasteiger partial charge in [-0.1, -0.05) is 11.6 Å². The number of aryl methyl sites for hydroxylation is 1. The third kappa shape index (κ3) is 6.55. The predicted octanol–water partition coefficient (Wildman–Crippen LogP) is 4.22. The molecule has 0 spiro atoms. The molecule has 222 valence electrons. The molecule has 5 rings (SSSR count). The van der Waals surface area contributed by atoms with Crippen LogP contribution in [0.4, 0.5) is 17.3 Å². The highest BCUT2D eigenvalue weighted by Crippen LogP contribution is 2.30. The number of anilines is 3. The monoisotopic (exact) mass is 608 g/mol. The van der Waals surface area contributed by atoms with Crippen LogP contribution in [-0.4, -0.2) is 81.5 Å². The van der Waals surface area contributed by atoms with Crippen molar-refractivity contribution >= 4 is 51.1 Å². The van der Waals surface area contributed by atoms with E-state index < -0.39 is 11.2 Å². The average Bonchev–Trinajstić information content (AvgIpc) is 2.96. The van der Waals surface area contributed by atoms with Crippen LogP contribution in [0.25, 0.3) is 22.3 Å². The number of fused-ring (bicyclic) bond motifs is 1. The van der Waals surface area contributed by atoms with Crippen LogP contribution in [0.2, 0.25) is 5.02 Å². The van der Waals surface area contributed by atoms with Crippen LogP contribution in [0.5, 0.6) is 0 Å². The molecule has 4 heterocycles. The first-order chi connectivity index (χ1) is 20.1. The molecule has 4 aromatic rings. The van der Waals surface area contributed by atoms with Crippen LogP contribution in [0, 0.1) is 6.92 Å². The minimum Gasteiger partial charge on any atom is -0.611 e. The van der Waals surface area contributed by atoms with Crippen molar-refractivity contribution in [3.63, 3.8) is 0 Å². The molecule has 0 radical (unpaired) electrons. The normalized spacial score (nSPS) is 14.6. The van der Waals surface area contributed by atoms with Crippen molar-refractivity contribution < 1.29 is 4.55 Å². The van der Waals surface area contributed by atoms with Gasteiger partial charge in [0.05, 0.1) is 22.5 Å². The Morgan fingerprint density at radius 2 is 1.90 bits per heavy atom. The topological polar surface area (TPSA) is 114 Å². The van der Waals surface area contributed by atoms with E-state index in [1.165, 1.54) is 17.4 Å². The van der Waals surface area contributed by atoms with Crippen molar-refractivity contribution in [2.75, 3.05) is 62.8 Å². The first kappa shape index (κ1) is 30.2. The molecule has 1 unspecified atom stereocenters. The smallest absolute Gasteiger partial charge is 0.261 e. The van der Waals surface area contributed by atoms with Crippen LogP contribution in [-0.2, 0) is 11.2 Å². The molecular weight excluding hydrogens is 572 g/mol. The lowest BCUT2D eigenvalue weighted by atomic mass is 10.1. The summed E-state index contributed by atoms with van der Waals surface area (Å²) in [7, 11) is 3.86. The number of benzene rings is 1. The van der Waals surface area contributed by atoms with Gasteiger partial charge in [-0.3, -0.25) is 9.36 Å². The zero-order chi connectivity index (χ0) is 30.0. The molecule has 1 aliphatic heterocycles. The number of pyridine rings is 2. The van der Waals surface area contributed by atoms with Gasteiger partial charge in [-0.05, 0) is 75.9 Å². The van der Waals surface area contributed by atoms with E-state index in [9.17, 15) is 9.35 Å². The van der Waals surface area contributed by atoms with E-state index in [1.807, 2.05) is 38.9 Å². The molecule has 0 aliphatic carbocycles. The lowest BCUT2D eigenvalue weighted by Crippen LogP contribution is -2.43. The Labute approximate surface area is 254 Å². The fourth-order valence-electron chi connectivity index (χ4n) is 5.08. The largest absolute Gasteiger partial charge is 0.611 e. The predicted molar refractivity (Wildman–Crippen MR) is 172 cm³/mol. The standard InChI is InChI=1S/C30H37ClN8O2S/c1-19(2)39-28-21(15-24(29(39)40)27-25(31)16-23(18-33-27)42(41)13-12-37(4)5)17-34-30(36-28)35-22-6-7-26(20(3)14-22)38-10-8-32-9-11-38/h6-7,14-19,32H,8-13H2,1-5H3,(H,34,35,36). The lowest BCUT2D eigenvalue weighted by Gasteiger charge is -2.30. The number of rotatable bonds is 9. The molecule has 12 heteroatoms. The highest BCUT2D eigenvalue weighted by molar-refractivity contribution is 7.91. The molecule has 42 heavy (non-hydrogen) atoms. The van der Waals surface area contributed by atoms with Gasteiger partial charge in [-0.25, -0.2) is 9.97 Å². The Balaban J connectivity index is 1.46. The molecule has 10 nitrogen and oxygen atoms in total. The van der Waals surface area contributed by atoms with Gasteiger partial charge < -0.3 is 25.0 Å². The number of nitrogens with zero attached hydrogens (tertiary/aromatic N) is 6. The van der Waals surface area contributed by atoms with Crippen LogP contribution in [0.1, 0.15) is 25.5 Å². The molecule has 1 aliphatic rings. The second kappa shape index (κ2) is 13.0. The number of aromatic nitrogens is 4. The van der Waals surface area contributed by atoms with Gasteiger partial charge in [-0.2, -0.15) is 4.98 Å². The highest BCUT2D eigenvalue weighted by Gasteiger charge is 2.21. The van der Waals surface area contributed by atoms with Crippen molar-refractivity contribution in [2.45, 2.75) is 31.7 Å². The van der Waals surface area contributed by atoms with Gasteiger partial charge in [-0.15, -0.1) is 0 Å². The van der Waals surface area contributed by atoms with Crippen LogP contribution in [0.3, 0.4) is 0 Å². The quantitative estimate of drug-likeness (QED) is 0.270. The maximum absolute atomic E-state index is 13.8. The van der Waals surface area contributed by atoms with Crippen molar-refractivity contribution in [1.29, 1.82) is 0 Å². The van der Waals surface area contributed by atoms with Gasteiger partial charge in [0.25, 0.3) is 5.56 Å². The Kier molecular flexibility index (Phi) is 9.34. The summed E-state index contributed by atoms with van der Waals surface area (Å²) in [5.41, 5.74) is 4.21. The molecule has 0 amide bonds. The fraction of sp³-hybridized carbons (Fsp3) is 0.400. The zero-order valence-electron chi connectivity index (χ0n) is 24.6. The summed E-state index contributed by atoms with van der Waals surface area (Å²) in [5, 5.41) is 7.66. The van der Waals surface area contributed by atoms with Gasteiger partial charge in [0.15, 0.2) is 4.90 Å². The molecule has 0 saturated carbocycles. The van der Waals surface area contributed by atoms with E-state index in [0.717, 1.165) is 31.9 Å². The van der Waals surface area contributed by atoms with Gasteiger partial charge in [0.1, 0.15) is 11.4 Å². The van der Waals surface area contributed by atoms with Crippen molar-refractivity contribution in [3.05, 3.63) is 63.7 Å². The van der Waals surface area contributed by atoms with E-state index in [0.29, 0.717) is 45.4 Å². The summed E-state index contributed by atoms with van der Waals surface area (Å²) in [5.74, 6) is 0.868. The van der Waals surface area contributed by atoms with Crippen LogP contribution < -0.4 is 21.1 Å². The molecule has 2 N–H and O–H groups in total. The summed E-state index contributed by atoms with van der Waals surface area (Å²) in [6.07, 6.45) is 3.24. The van der Waals surface area contributed by atoms with Crippen molar-refractivity contribution in [3.8, 4) is 11.3 Å². The third-order valence-electron chi connectivity index (χ3n) is 7.26. The molecule has 1 saturated heterocycles. The number of halogens is 1. The number of piperazine rings is 1. The SMILES string of the molecule is Cc1cc(Nc2ncc3cc(-c4ncc([S+]([O-])CCN(C)C)cc4Cl)c(=O)n(C(C)C)c3n2)ccc1N1CCNCC1. The van der Waals surface area contributed by atoms with E-state index in [1.54, 1.807) is 22.9 Å². The Morgan fingerprint density at radius 3 is 2.57 bits per heavy atom. The van der Waals surface area contributed by atoms with E-state index >= 15 is 0 Å². The fourth-order valence-corrected chi connectivity index (χ4v) is 6.60. The van der Waals surface area contributed by atoms with E-state index in [2.05, 4.69) is 44.6 Å². The van der Waals surface area contributed by atoms with Crippen LogP contribution >= 0.6 is 11.6 Å². The molecule has 1 atom stereocenters. The Hall–Kier alpha value is -3.22. The summed E-state index contributed by atoms with van der Waals surface area (Å²) in [6.45, 7) is 10.6. The first-order valence-corrected chi connectivity index (χ1v) is 15.8. The van der Waals surface area contributed by atoms with Gasteiger partial charge >= 0.3 is 0 Å². The maximum Gasteiger partial charge on any atom is 0.261 e. The Bertz CT molecular complexity index is 1640. The molecule has 3 aromatic heterocycles. The summed E-state index contributed by atoms with van der Waals surface area (Å²) < 4.78 is 14.3. The lowest BCUT2D eigenvalue weighted by molar-refractivity contribution is 0.432. The summed E-state index contributed by atoms with van der Waals surface area (Å²) in [4.78, 5) is 32.5. The maximum atomic E-state index is 13.8. The van der Waals surface area contributed by atoms with Crippen LogP contribution in [0.15, 0.2) is 52.4 Å². The summed E-state index contributed by atoms with van der Waals surface area (Å²) >= 11 is 5.37. The minimum atomic E-state index is -1.25.